The molecule has 0 aliphatic carbocycles. The van der Waals surface area contributed by atoms with Crippen LogP contribution in [0, 0.1) is 6.92 Å². The molecule has 0 bridgehead atoms. The molecule has 0 atom stereocenters. The first kappa shape index (κ1) is 11.4. The molecule has 0 saturated heterocycles. The summed E-state index contributed by atoms with van der Waals surface area (Å²) in [4.78, 5) is 4.24. The Balaban J connectivity index is 2.11. The molecule has 0 amide bonds. The van der Waals surface area contributed by atoms with Crippen LogP contribution in [0.2, 0.25) is 0 Å². The summed E-state index contributed by atoms with van der Waals surface area (Å²) in [6.45, 7) is 4.84. The van der Waals surface area contributed by atoms with E-state index < -0.39 is 0 Å². The number of hydrogen-bond acceptors (Lipinski definition) is 4. The topological polar surface area (TPSA) is 66.0 Å². The number of aryl methyl sites for hydroxylation is 2. The van der Waals surface area contributed by atoms with Crippen LogP contribution in [0.3, 0.4) is 0 Å². The summed E-state index contributed by atoms with van der Waals surface area (Å²) in [5.74, 6) is 1.22. The lowest BCUT2D eigenvalue weighted by atomic mass is 10.3. The Labute approximate surface area is 100 Å². The lowest BCUT2D eigenvalue weighted by molar-refractivity contribution is 0.460. The second-order valence-electron chi connectivity index (χ2n) is 3.87. The number of nitrogen functional groups attached to an aromatic ring is 1. The smallest absolute Gasteiger partial charge is 0.219 e. The number of hydrogen-bond donors (Lipinski definition) is 1. The number of nitrogens with two attached hydrogens (primary N) is 1. The molecule has 0 spiro atoms. The van der Waals surface area contributed by atoms with Crippen LogP contribution in [-0.2, 0) is 6.54 Å². The van der Waals surface area contributed by atoms with Gasteiger partial charge in [0.05, 0.1) is 23.8 Å². The maximum absolute atomic E-state index is 5.69. The van der Waals surface area contributed by atoms with Gasteiger partial charge in [-0.2, -0.15) is 5.10 Å². The molecule has 0 saturated carbocycles. The zero-order valence-corrected chi connectivity index (χ0v) is 10.1. The summed E-state index contributed by atoms with van der Waals surface area (Å²) in [7, 11) is 0. The number of ether oxygens (including phenoxy) is 1. The number of rotatable bonds is 4. The van der Waals surface area contributed by atoms with Crippen LogP contribution < -0.4 is 10.5 Å². The van der Waals surface area contributed by atoms with Gasteiger partial charge >= 0.3 is 0 Å². The third-order valence-corrected chi connectivity index (χ3v) is 2.39. The number of aromatic nitrogens is 3. The van der Waals surface area contributed by atoms with E-state index in [1.807, 2.05) is 17.8 Å². The van der Waals surface area contributed by atoms with Crippen LogP contribution in [-0.4, -0.2) is 14.8 Å². The summed E-state index contributed by atoms with van der Waals surface area (Å²) in [5, 5.41) is 4.18. The normalized spacial score (nSPS) is 10.5. The number of pyridine rings is 1. The Bertz CT molecular complexity index is 507. The van der Waals surface area contributed by atoms with E-state index in [-0.39, 0.29) is 0 Å². The lowest BCUT2D eigenvalue weighted by Crippen LogP contribution is -1.96. The summed E-state index contributed by atoms with van der Waals surface area (Å²) < 4.78 is 7.44. The highest BCUT2D eigenvalue weighted by molar-refractivity contribution is 5.44. The van der Waals surface area contributed by atoms with Gasteiger partial charge in [0, 0.05) is 12.6 Å². The molecule has 2 aromatic heterocycles. The van der Waals surface area contributed by atoms with E-state index in [2.05, 4.69) is 17.0 Å². The highest BCUT2D eigenvalue weighted by atomic mass is 16.5. The Hall–Kier alpha value is -2.04. The molecule has 0 radical (unpaired) electrons. The summed E-state index contributed by atoms with van der Waals surface area (Å²) in [6.07, 6.45) is 4.58. The molecule has 0 fully saturated rings. The fourth-order valence-corrected chi connectivity index (χ4v) is 1.48. The largest absolute Gasteiger partial charge is 0.436 e. The molecular formula is C12H16N4O. The number of anilines is 1. The maximum atomic E-state index is 5.69. The Kier molecular flexibility index (Phi) is 3.27. The summed E-state index contributed by atoms with van der Waals surface area (Å²) in [6, 6.07) is 3.54. The van der Waals surface area contributed by atoms with E-state index in [9.17, 15) is 0 Å². The van der Waals surface area contributed by atoms with Gasteiger partial charge in [-0.15, -0.1) is 0 Å². The first-order chi connectivity index (χ1) is 8.19. The van der Waals surface area contributed by atoms with Gasteiger partial charge in [0.25, 0.3) is 0 Å². The molecular weight excluding hydrogens is 216 g/mol. The first-order valence-corrected chi connectivity index (χ1v) is 5.62. The molecule has 2 heterocycles. The Morgan fingerprint density at radius 1 is 1.41 bits per heavy atom. The minimum atomic E-state index is 0.535. The van der Waals surface area contributed by atoms with Crippen molar-refractivity contribution in [2.75, 3.05) is 5.73 Å². The lowest BCUT2D eigenvalue weighted by Gasteiger charge is -2.04. The highest BCUT2D eigenvalue weighted by Crippen LogP contribution is 2.20. The molecule has 2 N–H and O–H groups in total. The van der Waals surface area contributed by atoms with Crippen LogP contribution in [0.15, 0.2) is 24.5 Å². The second-order valence-corrected chi connectivity index (χ2v) is 3.87. The summed E-state index contributed by atoms with van der Waals surface area (Å²) >= 11 is 0. The standard InChI is InChI=1S/C12H16N4O/c1-3-6-16-8-10(7-14-16)17-12-5-4-11(13)9(2)15-12/h4-5,7-8H,3,6,13H2,1-2H3. The van der Waals surface area contributed by atoms with Crippen LogP contribution in [0.1, 0.15) is 19.0 Å². The third-order valence-electron chi connectivity index (χ3n) is 2.39. The average Bonchev–Trinajstić information content (AvgIpc) is 2.72. The van der Waals surface area contributed by atoms with Crippen molar-refractivity contribution in [2.24, 2.45) is 0 Å². The van der Waals surface area contributed by atoms with Crippen molar-refractivity contribution in [3.8, 4) is 11.6 Å². The van der Waals surface area contributed by atoms with E-state index in [4.69, 9.17) is 10.5 Å². The van der Waals surface area contributed by atoms with E-state index in [0.29, 0.717) is 17.3 Å². The molecule has 0 aliphatic heterocycles. The molecule has 5 nitrogen and oxygen atoms in total. The monoisotopic (exact) mass is 232 g/mol. The van der Waals surface area contributed by atoms with Gasteiger partial charge in [0.2, 0.25) is 5.88 Å². The third kappa shape index (κ3) is 2.75. The van der Waals surface area contributed by atoms with E-state index in [1.54, 1.807) is 18.3 Å². The molecule has 2 rings (SSSR count). The SMILES string of the molecule is CCCn1cc(Oc2ccc(N)c(C)n2)cn1. The van der Waals surface area contributed by atoms with Crippen molar-refractivity contribution >= 4 is 5.69 Å². The Morgan fingerprint density at radius 3 is 2.94 bits per heavy atom. The fraction of sp³-hybridized carbons (Fsp3) is 0.333. The predicted molar refractivity (Wildman–Crippen MR) is 66.0 cm³/mol. The molecule has 2 aromatic rings. The van der Waals surface area contributed by atoms with Gasteiger partial charge in [-0.3, -0.25) is 4.68 Å². The van der Waals surface area contributed by atoms with Gasteiger partial charge < -0.3 is 10.5 Å². The van der Waals surface area contributed by atoms with E-state index in [0.717, 1.165) is 18.7 Å². The quantitative estimate of drug-likeness (QED) is 0.878. The van der Waals surface area contributed by atoms with Crippen molar-refractivity contribution in [3.63, 3.8) is 0 Å². The zero-order valence-electron chi connectivity index (χ0n) is 10.1. The molecule has 17 heavy (non-hydrogen) atoms. The van der Waals surface area contributed by atoms with Gasteiger partial charge in [0.15, 0.2) is 5.75 Å². The van der Waals surface area contributed by atoms with Crippen molar-refractivity contribution < 1.29 is 4.74 Å². The highest BCUT2D eigenvalue weighted by Gasteiger charge is 2.03. The first-order valence-electron chi connectivity index (χ1n) is 5.62. The van der Waals surface area contributed by atoms with Crippen molar-refractivity contribution in [1.82, 2.24) is 14.8 Å². The molecule has 0 aliphatic rings. The van der Waals surface area contributed by atoms with E-state index >= 15 is 0 Å². The molecule has 5 heteroatoms. The minimum Gasteiger partial charge on any atom is -0.436 e. The van der Waals surface area contributed by atoms with Crippen molar-refractivity contribution in [1.29, 1.82) is 0 Å². The van der Waals surface area contributed by atoms with Crippen LogP contribution >= 0.6 is 0 Å². The van der Waals surface area contributed by atoms with Crippen molar-refractivity contribution in [3.05, 3.63) is 30.2 Å². The van der Waals surface area contributed by atoms with Gasteiger partial charge in [-0.1, -0.05) is 6.92 Å². The van der Waals surface area contributed by atoms with Crippen LogP contribution in [0.25, 0.3) is 0 Å². The molecule has 0 aromatic carbocycles. The molecule has 90 valence electrons. The second kappa shape index (κ2) is 4.86. The van der Waals surface area contributed by atoms with Gasteiger partial charge in [0.1, 0.15) is 0 Å². The van der Waals surface area contributed by atoms with Gasteiger partial charge in [-0.25, -0.2) is 4.98 Å². The number of nitrogens with zero attached hydrogens (tertiary/aromatic N) is 3. The summed E-state index contributed by atoms with van der Waals surface area (Å²) in [5.41, 5.74) is 7.12. The Morgan fingerprint density at radius 2 is 2.24 bits per heavy atom. The maximum Gasteiger partial charge on any atom is 0.219 e. The predicted octanol–water partition coefficient (Wildman–Crippen LogP) is 2.37. The van der Waals surface area contributed by atoms with E-state index in [1.165, 1.54) is 0 Å². The zero-order chi connectivity index (χ0) is 12.3. The van der Waals surface area contributed by atoms with Crippen molar-refractivity contribution in [2.45, 2.75) is 26.8 Å². The van der Waals surface area contributed by atoms with Crippen LogP contribution in [0.4, 0.5) is 5.69 Å². The van der Waals surface area contributed by atoms with Crippen LogP contribution in [0.5, 0.6) is 11.6 Å². The fourth-order valence-electron chi connectivity index (χ4n) is 1.48. The van der Waals surface area contributed by atoms with Gasteiger partial charge in [-0.05, 0) is 19.4 Å². The average molecular weight is 232 g/mol. The molecule has 0 unspecified atom stereocenters. The minimum absolute atomic E-state index is 0.535.